The molecule has 0 radical (unpaired) electrons. The maximum Gasteiger partial charge on any atom is 0.315 e. The second kappa shape index (κ2) is 6.83. The third kappa shape index (κ3) is 4.23. The molecule has 1 fully saturated rings. The average molecular weight is 257 g/mol. The molecule has 0 aromatic carbocycles. The Kier molecular flexibility index (Phi) is 5.41. The molecule has 3 amide bonds. The number of carbonyl (C=O) groups is 3. The Morgan fingerprint density at radius 3 is 2.83 bits per heavy atom. The number of urea groups is 1. The van der Waals surface area contributed by atoms with Gasteiger partial charge in [0.1, 0.15) is 6.04 Å². The van der Waals surface area contributed by atoms with Gasteiger partial charge in [0, 0.05) is 13.1 Å². The van der Waals surface area contributed by atoms with Crippen molar-refractivity contribution in [2.75, 3.05) is 13.1 Å². The van der Waals surface area contributed by atoms with E-state index in [-0.39, 0.29) is 12.5 Å². The molecule has 0 aromatic heterocycles. The zero-order valence-corrected chi connectivity index (χ0v) is 10.4. The first-order valence-electron chi connectivity index (χ1n) is 6.09. The van der Waals surface area contributed by atoms with Crippen molar-refractivity contribution in [1.29, 1.82) is 0 Å². The van der Waals surface area contributed by atoms with E-state index in [2.05, 4.69) is 16.0 Å². The summed E-state index contributed by atoms with van der Waals surface area (Å²) in [6.07, 6.45) is 1.87. The van der Waals surface area contributed by atoms with E-state index in [9.17, 15) is 14.4 Å². The SMILES string of the molecule is CCC(CNC(=O)NC1CCCNC1=O)C(=O)O. The summed E-state index contributed by atoms with van der Waals surface area (Å²) in [5.74, 6) is -1.73. The number of carbonyl (C=O) groups excluding carboxylic acids is 2. The summed E-state index contributed by atoms with van der Waals surface area (Å²) >= 11 is 0. The van der Waals surface area contributed by atoms with Gasteiger partial charge in [-0.05, 0) is 19.3 Å². The highest BCUT2D eigenvalue weighted by atomic mass is 16.4. The van der Waals surface area contributed by atoms with E-state index < -0.39 is 24.0 Å². The van der Waals surface area contributed by atoms with Crippen LogP contribution in [-0.4, -0.2) is 42.1 Å². The Balaban J connectivity index is 2.32. The van der Waals surface area contributed by atoms with Crippen LogP contribution in [0.15, 0.2) is 0 Å². The minimum Gasteiger partial charge on any atom is -0.481 e. The van der Waals surface area contributed by atoms with Gasteiger partial charge >= 0.3 is 12.0 Å². The Morgan fingerprint density at radius 1 is 1.56 bits per heavy atom. The summed E-state index contributed by atoms with van der Waals surface area (Å²) in [5.41, 5.74) is 0. The largest absolute Gasteiger partial charge is 0.481 e. The lowest BCUT2D eigenvalue weighted by Crippen LogP contribution is -2.53. The van der Waals surface area contributed by atoms with Gasteiger partial charge < -0.3 is 21.1 Å². The van der Waals surface area contributed by atoms with Gasteiger partial charge in [0.2, 0.25) is 5.91 Å². The quantitative estimate of drug-likeness (QED) is 0.541. The summed E-state index contributed by atoms with van der Waals surface area (Å²) in [6.45, 7) is 2.44. The fourth-order valence-corrected chi connectivity index (χ4v) is 1.74. The number of piperidine rings is 1. The van der Waals surface area contributed by atoms with E-state index in [0.29, 0.717) is 19.4 Å². The molecule has 4 N–H and O–H groups in total. The van der Waals surface area contributed by atoms with Gasteiger partial charge in [-0.3, -0.25) is 9.59 Å². The van der Waals surface area contributed by atoms with Gasteiger partial charge in [0.15, 0.2) is 0 Å². The van der Waals surface area contributed by atoms with Crippen LogP contribution in [0.5, 0.6) is 0 Å². The molecule has 1 aliphatic heterocycles. The predicted octanol–water partition coefficient (Wildman–Crippen LogP) is -0.325. The Bertz CT molecular complexity index is 332. The highest BCUT2D eigenvalue weighted by molar-refractivity contribution is 5.87. The van der Waals surface area contributed by atoms with Crippen LogP contribution in [0.25, 0.3) is 0 Å². The molecule has 1 heterocycles. The zero-order chi connectivity index (χ0) is 13.5. The van der Waals surface area contributed by atoms with Crippen LogP contribution in [0.3, 0.4) is 0 Å². The molecule has 7 nitrogen and oxygen atoms in total. The fourth-order valence-electron chi connectivity index (χ4n) is 1.74. The second-order valence-electron chi connectivity index (χ2n) is 4.28. The van der Waals surface area contributed by atoms with Crippen molar-refractivity contribution in [2.24, 2.45) is 5.92 Å². The minimum absolute atomic E-state index is 0.0615. The summed E-state index contributed by atoms with van der Waals surface area (Å²) in [7, 11) is 0. The van der Waals surface area contributed by atoms with Gasteiger partial charge in [-0.2, -0.15) is 0 Å². The monoisotopic (exact) mass is 257 g/mol. The summed E-state index contributed by atoms with van der Waals surface area (Å²) in [5, 5.41) is 16.5. The molecular formula is C11H19N3O4. The van der Waals surface area contributed by atoms with Gasteiger partial charge in [0.25, 0.3) is 0 Å². The lowest BCUT2D eigenvalue weighted by Gasteiger charge is -2.23. The molecule has 0 saturated carbocycles. The standard InChI is InChI=1S/C11H19N3O4/c1-2-7(10(16)17)6-13-11(18)14-8-4-3-5-12-9(8)15/h7-8H,2-6H2,1H3,(H,12,15)(H,16,17)(H2,13,14,18). The molecule has 18 heavy (non-hydrogen) atoms. The maximum absolute atomic E-state index is 11.5. The van der Waals surface area contributed by atoms with Gasteiger partial charge in [0.05, 0.1) is 5.92 Å². The first-order valence-corrected chi connectivity index (χ1v) is 6.09. The lowest BCUT2D eigenvalue weighted by atomic mass is 10.1. The van der Waals surface area contributed by atoms with E-state index in [4.69, 9.17) is 5.11 Å². The molecule has 2 atom stereocenters. The van der Waals surface area contributed by atoms with Gasteiger partial charge in [-0.15, -0.1) is 0 Å². The van der Waals surface area contributed by atoms with Crippen LogP contribution in [0.1, 0.15) is 26.2 Å². The fraction of sp³-hybridized carbons (Fsp3) is 0.727. The Morgan fingerprint density at radius 2 is 2.28 bits per heavy atom. The number of carboxylic acid groups (broad SMARTS) is 1. The molecule has 1 rings (SSSR count). The molecule has 1 saturated heterocycles. The van der Waals surface area contributed by atoms with Crippen molar-refractivity contribution >= 4 is 17.9 Å². The smallest absolute Gasteiger partial charge is 0.315 e. The molecule has 0 spiro atoms. The van der Waals surface area contributed by atoms with Crippen molar-refractivity contribution in [2.45, 2.75) is 32.2 Å². The average Bonchev–Trinajstić information content (AvgIpc) is 2.32. The molecular weight excluding hydrogens is 238 g/mol. The van der Waals surface area contributed by atoms with Crippen LogP contribution < -0.4 is 16.0 Å². The molecule has 1 aliphatic rings. The molecule has 2 unspecified atom stereocenters. The van der Waals surface area contributed by atoms with Gasteiger partial charge in [-0.25, -0.2) is 4.79 Å². The minimum atomic E-state index is -0.937. The van der Waals surface area contributed by atoms with Crippen molar-refractivity contribution in [3.05, 3.63) is 0 Å². The van der Waals surface area contributed by atoms with Crippen LogP contribution >= 0.6 is 0 Å². The van der Waals surface area contributed by atoms with E-state index in [0.717, 1.165) is 6.42 Å². The highest BCUT2D eigenvalue weighted by Gasteiger charge is 2.24. The highest BCUT2D eigenvalue weighted by Crippen LogP contribution is 2.03. The third-order valence-electron chi connectivity index (χ3n) is 2.94. The molecule has 7 heteroatoms. The zero-order valence-electron chi connectivity index (χ0n) is 10.4. The number of rotatable bonds is 5. The summed E-state index contributed by atoms with van der Waals surface area (Å²) < 4.78 is 0. The summed E-state index contributed by atoms with van der Waals surface area (Å²) in [6, 6.07) is -1.03. The van der Waals surface area contributed by atoms with Gasteiger partial charge in [-0.1, -0.05) is 6.92 Å². The number of hydrogen-bond acceptors (Lipinski definition) is 3. The maximum atomic E-state index is 11.5. The van der Waals surface area contributed by atoms with Crippen LogP contribution in [0, 0.1) is 5.92 Å². The first kappa shape index (κ1) is 14.3. The molecule has 0 aliphatic carbocycles. The Hall–Kier alpha value is -1.79. The van der Waals surface area contributed by atoms with E-state index in [1.54, 1.807) is 6.92 Å². The first-order chi connectivity index (χ1) is 8.54. The molecule has 0 bridgehead atoms. The van der Waals surface area contributed by atoms with E-state index >= 15 is 0 Å². The second-order valence-corrected chi connectivity index (χ2v) is 4.28. The number of nitrogens with one attached hydrogen (secondary N) is 3. The normalized spacial score (nSPS) is 20.7. The van der Waals surface area contributed by atoms with Crippen LogP contribution in [0.4, 0.5) is 4.79 Å². The summed E-state index contributed by atoms with van der Waals surface area (Å²) in [4.78, 5) is 33.6. The number of aliphatic carboxylic acids is 1. The predicted molar refractivity (Wildman–Crippen MR) is 64.0 cm³/mol. The van der Waals surface area contributed by atoms with Crippen molar-refractivity contribution < 1.29 is 19.5 Å². The van der Waals surface area contributed by atoms with Crippen molar-refractivity contribution in [3.8, 4) is 0 Å². The van der Waals surface area contributed by atoms with E-state index in [1.807, 2.05) is 0 Å². The van der Waals surface area contributed by atoms with E-state index in [1.165, 1.54) is 0 Å². The molecule has 102 valence electrons. The van der Waals surface area contributed by atoms with Crippen molar-refractivity contribution in [1.82, 2.24) is 16.0 Å². The van der Waals surface area contributed by atoms with Crippen molar-refractivity contribution in [3.63, 3.8) is 0 Å². The Labute approximate surface area is 105 Å². The number of hydrogen-bond donors (Lipinski definition) is 4. The van der Waals surface area contributed by atoms with Crippen LogP contribution in [-0.2, 0) is 9.59 Å². The lowest BCUT2D eigenvalue weighted by molar-refractivity contribution is -0.141. The third-order valence-corrected chi connectivity index (χ3v) is 2.94. The molecule has 0 aromatic rings. The number of carboxylic acids is 1. The number of amides is 3. The topological polar surface area (TPSA) is 108 Å². The van der Waals surface area contributed by atoms with Crippen LogP contribution in [0.2, 0.25) is 0 Å².